The molecule has 0 aliphatic rings. The van der Waals surface area contributed by atoms with Crippen molar-refractivity contribution < 1.29 is 18.8 Å². The molecule has 0 aliphatic heterocycles. The van der Waals surface area contributed by atoms with Crippen LogP contribution in [0.25, 0.3) is 0 Å². The summed E-state index contributed by atoms with van der Waals surface area (Å²) in [4.78, 5) is 12.2. The lowest BCUT2D eigenvalue weighted by Crippen LogP contribution is -2.34. The van der Waals surface area contributed by atoms with Gasteiger partial charge in [-0.15, -0.1) is 0 Å². The minimum absolute atomic E-state index is 0.0216. The molecule has 1 aromatic rings. The van der Waals surface area contributed by atoms with Crippen LogP contribution in [0.1, 0.15) is 41.5 Å². The SMILES string of the molecule is CC(C)OC(=O)C(C)(C)[PH](=O)c1ccccc1OC(C)C. The molecule has 1 unspecified atom stereocenters. The highest BCUT2D eigenvalue weighted by Crippen LogP contribution is 2.41. The van der Waals surface area contributed by atoms with Crippen molar-refractivity contribution in [2.45, 2.75) is 58.9 Å². The quantitative estimate of drug-likeness (QED) is 0.597. The lowest BCUT2D eigenvalue weighted by Gasteiger charge is -2.25. The van der Waals surface area contributed by atoms with E-state index in [1.165, 1.54) is 0 Å². The standard InChI is InChI=1S/C16H25O4P/c1-11(2)19-13-9-7-8-10-14(13)21(18)16(5,6)15(17)20-12(3)4/h7-12,21H,1-6H3. The highest BCUT2D eigenvalue weighted by atomic mass is 31.1. The third kappa shape index (κ3) is 4.60. The largest absolute Gasteiger partial charge is 0.490 e. The molecule has 1 atom stereocenters. The van der Waals surface area contributed by atoms with E-state index < -0.39 is 18.9 Å². The van der Waals surface area contributed by atoms with Crippen molar-refractivity contribution in [3.05, 3.63) is 24.3 Å². The number of benzene rings is 1. The number of esters is 1. The van der Waals surface area contributed by atoms with Crippen molar-refractivity contribution in [1.29, 1.82) is 0 Å². The van der Waals surface area contributed by atoms with Crippen molar-refractivity contribution in [2.75, 3.05) is 0 Å². The third-order valence-corrected chi connectivity index (χ3v) is 5.16. The maximum absolute atomic E-state index is 12.9. The second-order valence-corrected chi connectivity index (χ2v) is 8.52. The molecular formula is C16H25O4P. The Morgan fingerprint density at radius 2 is 1.67 bits per heavy atom. The van der Waals surface area contributed by atoms with Crippen LogP contribution in [0.4, 0.5) is 0 Å². The van der Waals surface area contributed by atoms with Gasteiger partial charge in [-0.1, -0.05) is 12.1 Å². The summed E-state index contributed by atoms with van der Waals surface area (Å²) in [5.41, 5.74) is 0. The van der Waals surface area contributed by atoms with E-state index in [0.717, 1.165) is 0 Å². The predicted octanol–water partition coefficient (Wildman–Crippen LogP) is 3.39. The van der Waals surface area contributed by atoms with Gasteiger partial charge in [-0.2, -0.15) is 0 Å². The first-order valence-corrected chi connectivity index (χ1v) is 8.58. The van der Waals surface area contributed by atoms with Crippen LogP contribution in [-0.2, 0) is 14.1 Å². The fourth-order valence-corrected chi connectivity index (χ4v) is 3.33. The van der Waals surface area contributed by atoms with Crippen molar-refractivity contribution in [2.24, 2.45) is 0 Å². The van der Waals surface area contributed by atoms with Gasteiger partial charge in [-0.3, -0.25) is 4.79 Å². The van der Waals surface area contributed by atoms with E-state index in [9.17, 15) is 9.36 Å². The van der Waals surface area contributed by atoms with Crippen molar-refractivity contribution >= 4 is 19.1 Å². The molecule has 1 aromatic carbocycles. The van der Waals surface area contributed by atoms with Crippen molar-refractivity contribution in [1.82, 2.24) is 0 Å². The first-order valence-electron chi connectivity index (χ1n) is 7.17. The Hall–Kier alpha value is -1.28. The fourth-order valence-electron chi connectivity index (χ4n) is 1.80. The summed E-state index contributed by atoms with van der Waals surface area (Å²) in [6.07, 6.45) is -0.250. The van der Waals surface area contributed by atoms with Gasteiger partial charge in [0.05, 0.1) is 17.5 Å². The van der Waals surface area contributed by atoms with E-state index in [4.69, 9.17) is 9.47 Å². The molecule has 118 valence electrons. The van der Waals surface area contributed by atoms with Crippen LogP contribution >= 0.6 is 7.80 Å². The lowest BCUT2D eigenvalue weighted by atomic mass is 10.2. The van der Waals surface area contributed by atoms with E-state index in [0.29, 0.717) is 11.1 Å². The highest BCUT2D eigenvalue weighted by molar-refractivity contribution is 7.56. The smallest absolute Gasteiger partial charge is 0.319 e. The summed E-state index contributed by atoms with van der Waals surface area (Å²) in [5.74, 6) is 0.127. The Labute approximate surface area is 127 Å². The van der Waals surface area contributed by atoms with Crippen molar-refractivity contribution in [3.8, 4) is 5.75 Å². The molecule has 0 spiro atoms. The number of para-hydroxylation sites is 1. The third-order valence-electron chi connectivity index (χ3n) is 2.92. The average molecular weight is 312 g/mol. The van der Waals surface area contributed by atoms with Crippen LogP contribution in [0, 0.1) is 0 Å². The molecule has 0 saturated heterocycles. The second-order valence-electron chi connectivity index (χ2n) is 6.07. The van der Waals surface area contributed by atoms with Crippen molar-refractivity contribution in [3.63, 3.8) is 0 Å². The van der Waals surface area contributed by atoms with Gasteiger partial charge in [0.15, 0.2) is 0 Å². The molecule has 0 aliphatic carbocycles. The van der Waals surface area contributed by atoms with Gasteiger partial charge in [0.2, 0.25) is 0 Å². The van der Waals surface area contributed by atoms with Gasteiger partial charge in [-0.05, 0) is 53.7 Å². The van der Waals surface area contributed by atoms with Gasteiger partial charge in [0.1, 0.15) is 18.7 Å². The number of hydrogen-bond donors (Lipinski definition) is 0. The lowest BCUT2D eigenvalue weighted by molar-refractivity contribution is -0.149. The molecule has 0 N–H and O–H groups in total. The van der Waals surface area contributed by atoms with Gasteiger partial charge in [0, 0.05) is 0 Å². The molecule has 1 rings (SSSR count). The van der Waals surface area contributed by atoms with Gasteiger partial charge in [0.25, 0.3) is 0 Å². The Bertz CT molecular complexity index is 521. The monoisotopic (exact) mass is 312 g/mol. The van der Waals surface area contributed by atoms with Crippen LogP contribution in [0.5, 0.6) is 5.75 Å². The number of rotatable bonds is 6. The maximum Gasteiger partial charge on any atom is 0.319 e. The van der Waals surface area contributed by atoms with Gasteiger partial charge >= 0.3 is 5.97 Å². The Morgan fingerprint density at radius 1 is 1.10 bits per heavy atom. The van der Waals surface area contributed by atoms with Gasteiger partial charge < -0.3 is 14.0 Å². The van der Waals surface area contributed by atoms with Crippen LogP contribution < -0.4 is 10.0 Å². The highest BCUT2D eigenvalue weighted by Gasteiger charge is 2.38. The minimum Gasteiger partial charge on any atom is -0.490 e. The molecule has 0 saturated carbocycles. The summed E-state index contributed by atoms with van der Waals surface area (Å²) >= 11 is 0. The topological polar surface area (TPSA) is 52.6 Å². The van der Waals surface area contributed by atoms with Crippen LogP contribution in [-0.4, -0.2) is 23.3 Å². The van der Waals surface area contributed by atoms with Crippen LogP contribution in [0.3, 0.4) is 0 Å². The first-order chi connectivity index (χ1) is 9.66. The summed E-state index contributed by atoms with van der Waals surface area (Å²) in [6.45, 7) is 10.7. The molecule has 21 heavy (non-hydrogen) atoms. The van der Waals surface area contributed by atoms with E-state index in [-0.39, 0.29) is 12.2 Å². The number of hydrogen-bond acceptors (Lipinski definition) is 4. The average Bonchev–Trinajstić information content (AvgIpc) is 2.37. The molecular weight excluding hydrogens is 287 g/mol. The zero-order chi connectivity index (χ0) is 16.2. The Morgan fingerprint density at radius 3 is 2.19 bits per heavy atom. The van der Waals surface area contributed by atoms with Gasteiger partial charge in [-0.25, -0.2) is 0 Å². The molecule has 0 aromatic heterocycles. The molecule has 0 fully saturated rings. The zero-order valence-corrected chi connectivity index (χ0v) is 14.6. The number of ether oxygens (including phenoxy) is 2. The summed E-state index contributed by atoms with van der Waals surface area (Å²) < 4.78 is 23.8. The molecule has 5 heteroatoms. The molecule has 4 nitrogen and oxygen atoms in total. The van der Waals surface area contributed by atoms with Crippen LogP contribution in [0.2, 0.25) is 0 Å². The predicted molar refractivity (Wildman–Crippen MR) is 86.1 cm³/mol. The minimum atomic E-state index is -2.41. The summed E-state index contributed by atoms with van der Waals surface area (Å²) in [5, 5.41) is -0.479. The van der Waals surface area contributed by atoms with Crippen LogP contribution in [0.15, 0.2) is 24.3 Å². The maximum atomic E-state index is 12.9. The number of carbonyl (C=O) groups excluding carboxylic acids is 1. The zero-order valence-electron chi connectivity index (χ0n) is 13.6. The molecule has 0 heterocycles. The second kappa shape index (κ2) is 7.13. The first kappa shape index (κ1) is 17.8. The summed E-state index contributed by atoms with van der Waals surface area (Å²) in [7, 11) is -2.41. The van der Waals surface area contributed by atoms with E-state index in [1.807, 2.05) is 19.9 Å². The molecule has 0 bridgehead atoms. The summed E-state index contributed by atoms with van der Waals surface area (Å²) in [6, 6.07) is 7.16. The fraction of sp³-hybridized carbons (Fsp3) is 0.562. The van der Waals surface area contributed by atoms with E-state index in [1.54, 1.807) is 45.9 Å². The Balaban J connectivity index is 3.10. The number of carbonyl (C=O) groups is 1. The molecule has 0 amide bonds. The van der Waals surface area contributed by atoms with E-state index >= 15 is 0 Å². The normalized spacial score (nSPS) is 13.3. The van der Waals surface area contributed by atoms with E-state index in [2.05, 4.69) is 0 Å². The Kier molecular flexibility index (Phi) is 6.03. The molecule has 0 radical (unpaired) electrons.